The predicted octanol–water partition coefficient (Wildman–Crippen LogP) is 4.39. The van der Waals surface area contributed by atoms with Crippen molar-refractivity contribution in [2.75, 3.05) is 26.6 Å². The minimum atomic E-state index is -0.444. The van der Waals surface area contributed by atoms with E-state index in [-0.39, 0.29) is 0 Å². The van der Waals surface area contributed by atoms with E-state index in [9.17, 15) is 4.79 Å². The van der Waals surface area contributed by atoms with Crippen molar-refractivity contribution in [2.45, 2.75) is 0 Å². The van der Waals surface area contributed by atoms with Gasteiger partial charge in [0.05, 0.1) is 21.3 Å². The minimum Gasteiger partial charge on any atom is -0.496 e. The normalized spacial score (nSPS) is 10.4. The molecule has 0 spiro atoms. The maximum absolute atomic E-state index is 11.9. The highest BCUT2D eigenvalue weighted by molar-refractivity contribution is 6.00. The molecule has 0 aliphatic heterocycles. The third-order valence-electron chi connectivity index (χ3n) is 3.99. The van der Waals surface area contributed by atoms with Crippen molar-refractivity contribution >= 4 is 28.1 Å². The van der Waals surface area contributed by atoms with Crippen LogP contribution in [0, 0.1) is 0 Å². The lowest BCUT2D eigenvalue weighted by molar-refractivity contribution is 0.0597. The number of methoxy groups -OCH3 is 3. The van der Waals surface area contributed by atoms with Crippen molar-refractivity contribution in [2.24, 2.45) is 0 Å². The molecule has 3 aromatic rings. The van der Waals surface area contributed by atoms with Crippen molar-refractivity contribution in [1.82, 2.24) is 0 Å². The first-order chi connectivity index (χ1) is 12.2. The van der Waals surface area contributed by atoms with Crippen LogP contribution in [0.1, 0.15) is 10.4 Å². The summed E-state index contributed by atoms with van der Waals surface area (Å²) in [5, 5.41) is 5.39. The highest BCUT2D eigenvalue weighted by Gasteiger charge is 2.14. The molecule has 0 saturated carbocycles. The molecule has 0 heterocycles. The van der Waals surface area contributed by atoms with Crippen LogP contribution >= 0.6 is 0 Å². The van der Waals surface area contributed by atoms with E-state index in [1.165, 1.54) is 14.2 Å². The summed E-state index contributed by atoms with van der Waals surface area (Å²) in [6.07, 6.45) is 0. The standard InChI is InChI=1S/C20H19NO4/c1-23-18-11-9-17(14-6-4-5-7-15(14)18)21-13-8-10-19(24-2)16(12-13)20(22)25-3/h4-12,21H,1-3H3. The van der Waals surface area contributed by atoms with Crippen LogP contribution in [0.3, 0.4) is 0 Å². The molecule has 5 heteroatoms. The molecule has 0 amide bonds. The lowest BCUT2D eigenvalue weighted by atomic mass is 10.1. The number of esters is 1. The van der Waals surface area contributed by atoms with Crippen LogP contribution in [0.25, 0.3) is 10.8 Å². The van der Waals surface area contributed by atoms with Gasteiger partial charge in [-0.2, -0.15) is 0 Å². The molecule has 25 heavy (non-hydrogen) atoms. The lowest BCUT2D eigenvalue weighted by Crippen LogP contribution is -2.05. The highest BCUT2D eigenvalue weighted by Crippen LogP contribution is 2.34. The van der Waals surface area contributed by atoms with Crippen molar-refractivity contribution in [3.63, 3.8) is 0 Å². The second-order valence-corrected chi connectivity index (χ2v) is 5.39. The lowest BCUT2D eigenvalue weighted by Gasteiger charge is -2.14. The van der Waals surface area contributed by atoms with Crippen LogP contribution in [0.2, 0.25) is 0 Å². The molecule has 0 unspecified atom stereocenters. The fourth-order valence-electron chi connectivity index (χ4n) is 2.77. The maximum atomic E-state index is 11.9. The number of carbonyl (C=O) groups is 1. The van der Waals surface area contributed by atoms with Gasteiger partial charge < -0.3 is 19.5 Å². The fourth-order valence-corrected chi connectivity index (χ4v) is 2.77. The Hall–Kier alpha value is -3.21. The van der Waals surface area contributed by atoms with E-state index < -0.39 is 5.97 Å². The van der Waals surface area contributed by atoms with Crippen LogP contribution in [0.15, 0.2) is 54.6 Å². The Morgan fingerprint density at radius 1 is 0.840 bits per heavy atom. The van der Waals surface area contributed by atoms with Gasteiger partial charge in [-0.05, 0) is 30.3 Å². The van der Waals surface area contributed by atoms with Crippen LogP contribution in [0.4, 0.5) is 11.4 Å². The zero-order valence-corrected chi connectivity index (χ0v) is 14.3. The van der Waals surface area contributed by atoms with E-state index in [1.54, 1.807) is 19.2 Å². The monoisotopic (exact) mass is 337 g/mol. The Kier molecular flexibility index (Phi) is 4.75. The Bertz CT molecular complexity index is 921. The zero-order chi connectivity index (χ0) is 17.8. The van der Waals surface area contributed by atoms with Gasteiger partial charge in [0.15, 0.2) is 0 Å². The van der Waals surface area contributed by atoms with E-state index >= 15 is 0 Å². The second-order valence-electron chi connectivity index (χ2n) is 5.39. The van der Waals surface area contributed by atoms with E-state index in [0.29, 0.717) is 11.3 Å². The number of fused-ring (bicyclic) bond motifs is 1. The Morgan fingerprint density at radius 2 is 1.52 bits per heavy atom. The molecular formula is C20H19NO4. The predicted molar refractivity (Wildman–Crippen MR) is 98.1 cm³/mol. The van der Waals surface area contributed by atoms with Crippen molar-refractivity contribution in [3.05, 3.63) is 60.2 Å². The quantitative estimate of drug-likeness (QED) is 0.700. The number of nitrogens with one attached hydrogen (secondary N) is 1. The molecule has 3 rings (SSSR count). The van der Waals surface area contributed by atoms with Crippen molar-refractivity contribution in [1.29, 1.82) is 0 Å². The minimum absolute atomic E-state index is 0.368. The molecule has 5 nitrogen and oxygen atoms in total. The van der Waals surface area contributed by atoms with Gasteiger partial charge in [-0.15, -0.1) is 0 Å². The summed E-state index contributed by atoms with van der Waals surface area (Å²) in [4.78, 5) is 11.9. The summed E-state index contributed by atoms with van der Waals surface area (Å²) in [6, 6.07) is 17.1. The Balaban J connectivity index is 2.03. The summed E-state index contributed by atoms with van der Waals surface area (Å²) in [5.74, 6) is 0.836. The highest BCUT2D eigenvalue weighted by atomic mass is 16.5. The summed E-state index contributed by atoms with van der Waals surface area (Å²) in [5.41, 5.74) is 2.04. The number of benzene rings is 3. The van der Waals surface area contributed by atoms with Gasteiger partial charge >= 0.3 is 5.97 Å². The molecule has 0 aromatic heterocycles. The third-order valence-corrected chi connectivity index (χ3v) is 3.99. The molecule has 128 valence electrons. The van der Waals surface area contributed by atoms with E-state index in [2.05, 4.69) is 5.32 Å². The first-order valence-electron chi connectivity index (χ1n) is 7.77. The SMILES string of the molecule is COC(=O)c1cc(Nc2ccc(OC)c3ccccc23)ccc1OC. The molecule has 1 N–H and O–H groups in total. The maximum Gasteiger partial charge on any atom is 0.341 e. The molecule has 3 aromatic carbocycles. The van der Waals surface area contributed by atoms with Gasteiger partial charge in [-0.3, -0.25) is 0 Å². The molecule has 0 atom stereocenters. The van der Waals surface area contributed by atoms with E-state index in [0.717, 1.165) is 27.9 Å². The summed E-state index contributed by atoms with van der Waals surface area (Å²) in [7, 11) is 4.52. The largest absolute Gasteiger partial charge is 0.496 e. The average molecular weight is 337 g/mol. The zero-order valence-electron chi connectivity index (χ0n) is 14.3. The van der Waals surface area contributed by atoms with Gasteiger partial charge in [0.25, 0.3) is 0 Å². The van der Waals surface area contributed by atoms with E-state index in [4.69, 9.17) is 14.2 Å². The number of anilines is 2. The molecule has 0 bridgehead atoms. The summed E-state index contributed by atoms with van der Waals surface area (Å²) in [6.45, 7) is 0. The van der Waals surface area contributed by atoms with Crippen LogP contribution in [-0.4, -0.2) is 27.3 Å². The first kappa shape index (κ1) is 16.6. The first-order valence-corrected chi connectivity index (χ1v) is 7.77. The number of rotatable bonds is 5. The number of ether oxygens (including phenoxy) is 3. The van der Waals surface area contributed by atoms with Crippen LogP contribution in [0.5, 0.6) is 11.5 Å². The molecule has 0 fully saturated rings. The summed E-state index contributed by atoms with van der Waals surface area (Å²) < 4.78 is 15.5. The van der Waals surface area contributed by atoms with Gasteiger partial charge in [-0.1, -0.05) is 24.3 Å². The number of carbonyl (C=O) groups excluding carboxylic acids is 1. The van der Waals surface area contributed by atoms with Crippen molar-refractivity contribution in [3.8, 4) is 11.5 Å². The van der Waals surface area contributed by atoms with Gasteiger partial charge in [0, 0.05) is 22.1 Å². The van der Waals surface area contributed by atoms with Crippen LogP contribution < -0.4 is 14.8 Å². The number of hydrogen-bond donors (Lipinski definition) is 1. The van der Waals surface area contributed by atoms with Gasteiger partial charge in [0.2, 0.25) is 0 Å². The molecule has 0 aliphatic rings. The molecule has 0 saturated heterocycles. The average Bonchev–Trinajstić information content (AvgIpc) is 2.67. The third kappa shape index (κ3) is 3.21. The molecular weight excluding hydrogens is 318 g/mol. The second kappa shape index (κ2) is 7.13. The van der Waals surface area contributed by atoms with Crippen LogP contribution in [-0.2, 0) is 4.74 Å². The van der Waals surface area contributed by atoms with Crippen molar-refractivity contribution < 1.29 is 19.0 Å². The Labute approximate surface area is 146 Å². The molecule has 0 aliphatic carbocycles. The van der Waals surface area contributed by atoms with E-state index in [1.807, 2.05) is 42.5 Å². The summed E-state index contributed by atoms with van der Waals surface area (Å²) >= 11 is 0. The Morgan fingerprint density at radius 3 is 2.20 bits per heavy atom. The van der Waals surface area contributed by atoms with Gasteiger partial charge in [0.1, 0.15) is 17.1 Å². The smallest absolute Gasteiger partial charge is 0.341 e. The topological polar surface area (TPSA) is 56.8 Å². The number of hydrogen-bond acceptors (Lipinski definition) is 5. The fraction of sp³-hybridized carbons (Fsp3) is 0.150. The molecule has 0 radical (unpaired) electrons. The van der Waals surface area contributed by atoms with Gasteiger partial charge in [-0.25, -0.2) is 4.79 Å².